The van der Waals surface area contributed by atoms with Crippen molar-refractivity contribution in [2.75, 3.05) is 13.2 Å². The van der Waals surface area contributed by atoms with Gasteiger partial charge < -0.3 is 10.1 Å². The highest BCUT2D eigenvalue weighted by molar-refractivity contribution is 5.34. The van der Waals surface area contributed by atoms with Gasteiger partial charge in [-0.2, -0.15) is 0 Å². The van der Waals surface area contributed by atoms with Crippen molar-refractivity contribution in [2.45, 2.75) is 26.3 Å². The number of nitrogens with zero attached hydrogens (tertiary/aromatic N) is 1. The zero-order valence-corrected chi connectivity index (χ0v) is 12.5. The van der Waals surface area contributed by atoms with Crippen molar-refractivity contribution in [3.63, 3.8) is 0 Å². The molecular formula is C17H21FN2O. The Kier molecular flexibility index (Phi) is 5.69. The Bertz CT molecular complexity index is 574. The molecule has 0 aliphatic heterocycles. The summed E-state index contributed by atoms with van der Waals surface area (Å²) in [5, 5.41) is 3.38. The molecule has 21 heavy (non-hydrogen) atoms. The van der Waals surface area contributed by atoms with Crippen molar-refractivity contribution in [2.24, 2.45) is 0 Å². The van der Waals surface area contributed by atoms with E-state index in [0.29, 0.717) is 17.9 Å². The Morgan fingerprint density at radius 1 is 1.24 bits per heavy atom. The molecular weight excluding hydrogens is 267 g/mol. The van der Waals surface area contributed by atoms with Crippen LogP contribution in [-0.4, -0.2) is 18.1 Å². The van der Waals surface area contributed by atoms with Gasteiger partial charge in [0.25, 0.3) is 0 Å². The lowest BCUT2D eigenvalue weighted by atomic mass is 9.99. The number of halogens is 1. The van der Waals surface area contributed by atoms with Crippen molar-refractivity contribution < 1.29 is 9.13 Å². The standard InChI is InChI=1S/C17H21FN2O/c1-3-9-20-17(15-7-5-6-8-16(15)18)13-10-14(21-4-2)12-19-11-13/h5-8,10-12,17,20H,3-4,9H2,1-2H3. The van der Waals surface area contributed by atoms with Gasteiger partial charge in [0.05, 0.1) is 18.8 Å². The number of nitrogens with one attached hydrogen (secondary N) is 1. The van der Waals surface area contributed by atoms with E-state index in [1.165, 1.54) is 6.07 Å². The fourth-order valence-electron chi connectivity index (χ4n) is 2.24. The number of hydrogen-bond donors (Lipinski definition) is 1. The molecule has 0 aliphatic rings. The first-order valence-corrected chi connectivity index (χ1v) is 7.31. The summed E-state index contributed by atoms with van der Waals surface area (Å²) in [6.07, 6.45) is 4.40. The van der Waals surface area contributed by atoms with E-state index in [-0.39, 0.29) is 11.9 Å². The monoisotopic (exact) mass is 288 g/mol. The number of hydrogen-bond acceptors (Lipinski definition) is 3. The zero-order chi connectivity index (χ0) is 15.1. The Balaban J connectivity index is 2.36. The van der Waals surface area contributed by atoms with E-state index in [1.807, 2.05) is 19.1 Å². The van der Waals surface area contributed by atoms with E-state index in [4.69, 9.17) is 4.74 Å². The molecule has 1 N–H and O–H groups in total. The summed E-state index contributed by atoms with van der Waals surface area (Å²) in [5.41, 5.74) is 1.53. The predicted octanol–water partition coefficient (Wildman–Crippen LogP) is 3.71. The predicted molar refractivity (Wildman–Crippen MR) is 81.9 cm³/mol. The van der Waals surface area contributed by atoms with E-state index in [9.17, 15) is 4.39 Å². The third-order valence-electron chi connectivity index (χ3n) is 3.19. The molecule has 0 radical (unpaired) electrons. The van der Waals surface area contributed by atoms with E-state index in [0.717, 1.165) is 18.5 Å². The van der Waals surface area contributed by atoms with Gasteiger partial charge in [-0.25, -0.2) is 4.39 Å². The van der Waals surface area contributed by atoms with Gasteiger partial charge in [0, 0.05) is 11.8 Å². The van der Waals surface area contributed by atoms with Crippen LogP contribution in [-0.2, 0) is 0 Å². The number of aromatic nitrogens is 1. The van der Waals surface area contributed by atoms with Crippen molar-refractivity contribution >= 4 is 0 Å². The highest BCUT2D eigenvalue weighted by Crippen LogP contribution is 2.26. The van der Waals surface area contributed by atoms with E-state index in [1.54, 1.807) is 24.5 Å². The molecule has 0 saturated carbocycles. The zero-order valence-electron chi connectivity index (χ0n) is 12.5. The van der Waals surface area contributed by atoms with Crippen LogP contribution in [0.3, 0.4) is 0 Å². The summed E-state index contributed by atoms with van der Waals surface area (Å²) in [6, 6.07) is 8.52. The van der Waals surface area contributed by atoms with Gasteiger partial charge in [-0.1, -0.05) is 25.1 Å². The maximum Gasteiger partial charge on any atom is 0.137 e. The molecule has 1 heterocycles. The van der Waals surface area contributed by atoms with Gasteiger partial charge in [-0.15, -0.1) is 0 Å². The molecule has 0 aliphatic carbocycles. The molecule has 2 rings (SSSR count). The number of benzene rings is 1. The highest BCUT2D eigenvalue weighted by Gasteiger charge is 2.17. The molecule has 0 amide bonds. The average molecular weight is 288 g/mol. The van der Waals surface area contributed by atoms with Crippen LogP contribution in [0.4, 0.5) is 4.39 Å². The minimum absolute atomic E-state index is 0.215. The molecule has 0 bridgehead atoms. The third-order valence-corrected chi connectivity index (χ3v) is 3.19. The lowest BCUT2D eigenvalue weighted by Crippen LogP contribution is -2.24. The Morgan fingerprint density at radius 2 is 2.05 bits per heavy atom. The Labute approximate surface area is 125 Å². The van der Waals surface area contributed by atoms with Crippen LogP contribution >= 0.6 is 0 Å². The molecule has 0 saturated heterocycles. The second kappa shape index (κ2) is 7.74. The van der Waals surface area contributed by atoms with Crippen LogP contribution in [0, 0.1) is 5.82 Å². The molecule has 1 aromatic carbocycles. The SMILES string of the molecule is CCCNC(c1cncc(OCC)c1)c1ccccc1F. The third kappa shape index (κ3) is 4.02. The molecule has 4 heteroatoms. The van der Waals surface area contributed by atoms with Crippen LogP contribution < -0.4 is 10.1 Å². The van der Waals surface area contributed by atoms with Gasteiger partial charge in [-0.05, 0) is 37.6 Å². The van der Waals surface area contributed by atoms with E-state index in [2.05, 4.69) is 17.2 Å². The van der Waals surface area contributed by atoms with Gasteiger partial charge >= 0.3 is 0 Å². The Morgan fingerprint density at radius 3 is 2.76 bits per heavy atom. The summed E-state index contributed by atoms with van der Waals surface area (Å²) in [6.45, 7) is 5.40. The topological polar surface area (TPSA) is 34.2 Å². The van der Waals surface area contributed by atoms with Crippen LogP contribution in [0.2, 0.25) is 0 Å². The van der Waals surface area contributed by atoms with Gasteiger partial charge in [-0.3, -0.25) is 4.98 Å². The molecule has 112 valence electrons. The maximum atomic E-state index is 14.1. The molecule has 1 aromatic heterocycles. The maximum absolute atomic E-state index is 14.1. The first-order valence-electron chi connectivity index (χ1n) is 7.31. The lowest BCUT2D eigenvalue weighted by Gasteiger charge is -2.20. The number of ether oxygens (including phenoxy) is 1. The second-order valence-electron chi connectivity index (χ2n) is 4.80. The van der Waals surface area contributed by atoms with Crippen LogP contribution in [0.5, 0.6) is 5.75 Å². The first kappa shape index (κ1) is 15.4. The average Bonchev–Trinajstić information content (AvgIpc) is 2.50. The molecule has 1 unspecified atom stereocenters. The summed E-state index contributed by atoms with van der Waals surface area (Å²) < 4.78 is 19.6. The highest BCUT2D eigenvalue weighted by atomic mass is 19.1. The van der Waals surface area contributed by atoms with Gasteiger partial charge in [0.1, 0.15) is 11.6 Å². The van der Waals surface area contributed by atoms with E-state index >= 15 is 0 Å². The van der Waals surface area contributed by atoms with Crippen molar-refractivity contribution in [1.29, 1.82) is 0 Å². The van der Waals surface area contributed by atoms with Gasteiger partial charge in [0.2, 0.25) is 0 Å². The van der Waals surface area contributed by atoms with E-state index < -0.39 is 0 Å². The molecule has 0 fully saturated rings. The molecule has 2 aromatic rings. The van der Waals surface area contributed by atoms with Crippen molar-refractivity contribution in [3.8, 4) is 5.75 Å². The van der Waals surface area contributed by atoms with Crippen LogP contribution in [0.25, 0.3) is 0 Å². The quantitative estimate of drug-likeness (QED) is 0.843. The largest absolute Gasteiger partial charge is 0.492 e. The lowest BCUT2D eigenvalue weighted by molar-refractivity contribution is 0.338. The van der Waals surface area contributed by atoms with Crippen LogP contribution in [0.1, 0.15) is 37.4 Å². The summed E-state index contributed by atoms with van der Waals surface area (Å²) >= 11 is 0. The smallest absolute Gasteiger partial charge is 0.137 e. The second-order valence-corrected chi connectivity index (χ2v) is 4.80. The number of rotatable bonds is 7. The minimum Gasteiger partial charge on any atom is -0.492 e. The van der Waals surface area contributed by atoms with Gasteiger partial charge in [0.15, 0.2) is 0 Å². The summed E-state index contributed by atoms with van der Waals surface area (Å²) in [5.74, 6) is 0.488. The summed E-state index contributed by atoms with van der Waals surface area (Å²) in [7, 11) is 0. The minimum atomic E-state index is -0.223. The molecule has 0 spiro atoms. The first-order chi connectivity index (χ1) is 10.3. The van der Waals surface area contributed by atoms with Crippen molar-refractivity contribution in [3.05, 3.63) is 59.7 Å². The molecule has 1 atom stereocenters. The fourth-order valence-corrected chi connectivity index (χ4v) is 2.24. The fraction of sp³-hybridized carbons (Fsp3) is 0.353. The Hall–Kier alpha value is -1.94. The summed E-state index contributed by atoms with van der Waals surface area (Å²) in [4.78, 5) is 4.20. The number of pyridine rings is 1. The normalized spacial score (nSPS) is 12.1. The molecule has 3 nitrogen and oxygen atoms in total. The van der Waals surface area contributed by atoms with Crippen molar-refractivity contribution in [1.82, 2.24) is 10.3 Å². The van der Waals surface area contributed by atoms with Crippen LogP contribution in [0.15, 0.2) is 42.7 Å².